The van der Waals surface area contributed by atoms with Crippen molar-refractivity contribution in [2.45, 2.75) is 30.4 Å². The molecule has 0 amide bonds. The highest BCUT2D eigenvalue weighted by Gasteiger charge is 2.18. The van der Waals surface area contributed by atoms with Crippen LogP contribution in [-0.2, 0) is 5.75 Å². The molecule has 2 N–H and O–H groups in total. The van der Waals surface area contributed by atoms with Gasteiger partial charge in [-0.2, -0.15) is 11.8 Å². The van der Waals surface area contributed by atoms with Gasteiger partial charge in [0.2, 0.25) is 0 Å². The van der Waals surface area contributed by atoms with Crippen LogP contribution in [0.1, 0.15) is 30.5 Å². The zero-order chi connectivity index (χ0) is 9.26. The Hall–Kier alpha value is -0.470. The lowest BCUT2D eigenvalue weighted by atomic mass is 9.99. The average molecular weight is 193 g/mol. The first-order valence-corrected chi connectivity index (χ1v) is 5.77. The Morgan fingerprint density at radius 1 is 1.38 bits per heavy atom. The highest BCUT2D eigenvalue weighted by atomic mass is 32.2. The quantitative estimate of drug-likeness (QED) is 0.685. The minimum Gasteiger partial charge on any atom is -0.324 e. The highest BCUT2D eigenvalue weighted by Crippen LogP contribution is 2.32. The number of fused-ring (bicyclic) bond motifs is 1. The summed E-state index contributed by atoms with van der Waals surface area (Å²) in [6.07, 6.45) is 1.10. The topological polar surface area (TPSA) is 26.0 Å². The van der Waals surface area contributed by atoms with Crippen LogP contribution < -0.4 is 5.73 Å². The zero-order valence-corrected chi connectivity index (χ0v) is 8.68. The molecule has 0 aliphatic carbocycles. The maximum Gasteiger partial charge on any atom is 0.0308 e. The molecule has 0 bridgehead atoms. The molecule has 13 heavy (non-hydrogen) atoms. The summed E-state index contributed by atoms with van der Waals surface area (Å²) >= 11 is 2.01. The van der Waals surface area contributed by atoms with Crippen molar-refractivity contribution in [3.05, 3.63) is 35.4 Å². The lowest BCUT2D eigenvalue weighted by Crippen LogP contribution is -2.13. The van der Waals surface area contributed by atoms with Crippen LogP contribution >= 0.6 is 11.8 Å². The summed E-state index contributed by atoms with van der Waals surface area (Å²) in [6.45, 7) is 2.26. The summed E-state index contributed by atoms with van der Waals surface area (Å²) in [7, 11) is 0. The average Bonchev–Trinajstić information content (AvgIpc) is 2.27. The van der Waals surface area contributed by atoms with Crippen LogP contribution in [0.2, 0.25) is 0 Å². The normalized spacial score (nSPS) is 27.8. The number of thioether (sulfide) groups is 1. The number of hydrogen-bond acceptors (Lipinski definition) is 2. The van der Waals surface area contributed by atoms with Crippen LogP contribution in [0.5, 0.6) is 0 Å². The van der Waals surface area contributed by atoms with E-state index in [1.54, 1.807) is 0 Å². The van der Waals surface area contributed by atoms with Crippen LogP contribution in [0.4, 0.5) is 0 Å². The first-order valence-electron chi connectivity index (χ1n) is 4.72. The Labute approximate surface area is 83.7 Å². The van der Waals surface area contributed by atoms with Crippen LogP contribution in [0.25, 0.3) is 0 Å². The van der Waals surface area contributed by atoms with Gasteiger partial charge < -0.3 is 5.73 Å². The second-order valence-electron chi connectivity index (χ2n) is 3.66. The van der Waals surface area contributed by atoms with Gasteiger partial charge in [-0.1, -0.05) is 31.2 Å². The third-order valence-electron chi connectivity index (χ3n) is 2.56. The molecule has 0 radical (unpaired) electrons. The molecule has 2 heteroatoms. The molecule has 1 aliphatic heterocycles. The fourth-order valence-electron chi connectivity index (χ4n) is 1.81. The number of nitrogens with two attached hydrogens (primary N) is 1. The van der Waals surface area contributed by atoms with E-state index in [-0.39, 0.29) is 6.04 Å². The Kier molecular flexibility index (Phi) is 2.61. The molecular formula is C11H15NS. The van der Waals surface area contributed by atoms with Crippen LogP contribution in [0, 0.1) is 0 Å². The molecule has 2 rings (SSSR count). The molecule has 1 aliphatic rings. The summed E-state index contributed by atoms with van der Waals surface area (Å²) in [6, 6.07) is 8.78. The van der Waals surface area contributed by atoms with Gasteiger partial charge in [-0.25, -0.2) is 0 Å². The molecule has 0 saturated heterocycles. The summed E-state index contributed by atoms with van der Waals surface area (Å²) in [4.78, 5) is 0. The Morgan fingerprint density at radius 2 is 2.15 bits per heavy atom. The van der Waals surface area contributed by atoms with E-state index in [1.165, 1.54) is 11.1 Å². The summed E-state index contributed by atoms with van der Waals surface area (Å²) in [5.41, 5.74) is 8.89. The van der Waals surface area contributed by atoms with Gasteiger partial charge in [0.05, 0.1) is 0 Å². The standard InChI is InChI=1S/C11H15NS/c1-8-6-11(12)10-5-3-2-4-9(10)7-13-8/h2-5,8,11H,6-7,12H2,1H3. The van der Waals surface area contributed by atoms with E-state index in [4.69, 9.17) is 5.73 Å². The third-order valence-corrected chi connectivity index (χ3v) is 3.80. The zero-order valence-electron chi connectivity index (χ0n) is 7.86. The Balaban J connectivity index is 2.35. The maximum absolute atomic E-state index is 6.12. The molecule has 0 saturated carbocycles. The monoisotopic (exact) mass is 193 g/mol. The van der Waals surface area contributed by atoms with Gasteiger partial charge in [0.15, 0.2) is 0 Å². The van der Waals surface area contributed by atoms with Crippen molar-refractivity contribution < 1.29 is 0 Å². The summed E-state index contributed by atoms with van der Waals surface area (Å²) < 4.78 is 0. The van der Waals surface area contributed by atoms with Crippen molar-refractivity contribution >= 4 is 11.8 Å². The van der Waals surface area contributed by atoms with E-state index < -0.39 is 0 Å². The fourth-order valence-corrected chi connectivity index (χ4v) is 2.88. The van der Waals surface area contributed by atoms with E-state index in [1.807, 2.05) is 11.8 Å². The van der Waals surface area contributed by atoms with Crippen molar-refractivity contribution in [3.63, 3.8) is 0 Å². The van der Waals surface area contributed by atoms with E-state index in [2.05, 4.69) is 31.2 Å². The molecule has 0 spiro atoms. The predicted octanol–water partition coefficient (Wildman–Crippen LogP) is 2.71. The van der Waals surface area contributed by atoms with Crippen molar-refractivity contribution in [1.29, 1.82) is 0 Å². The van der Waals surface area contributed by atoms with Gasteiger partial charge in [0.25, 0.3) is 0 Å². The third kappa shape index (κ3) is 1.89. The van der Waals surface area contributed by atoms with Crippen molar-refractivity contribution in [1.82, 2.24) is 0 Å². The second-order valence-corrected chi connectivity index (χ2v) is 5.09. The molecule has 2 unspecified atom stereocenters. The molecule has 0 aromatic heterocycles. The number of benzene rings is 1. The molecule has 70 valence electrons. The lowest BCUT2D eigenvalue weighted by Gasteiger charge is -2.13. The fraction of sp³-hybridized carbons (Fsp3) is 0.455. The minimum atomic E-state index is 0.237. The SMILES string of the molecule is CC1CC(N)c2ccccc2CS1. The summed E-state index contributed by atoms with van der Waals surface area (Å²) in [5.74, 6) is 1.12. The van der Waals surface area contributed by atoms with Crippen molar-refractivity contribution in [2.24, 2.45) is 5.73 Å². The van der Waals surface area contributed by atoms with Gasteiger partial charge in [-0.15, -0.1) is 0 Å². The van der Waals surface area contributed by atoms with Crippen LogP contribution in [0.3, 0.4) is 0 Å². The van der Waals surface area contributed by atoms with Gasteiger partial charge >= 0.3 is 0 Å². The predicted molar refractivity (Wildman–Crippen MR) is 58.7 cm³/mol. The van der Waals surface area contributed by atoms with Gasteiger partial charge in [0.1, 0.15) is 0 Å². The van der Waals surface area contributed by atoms with Crippen LogP contribution in [-0.4, -0.2) is 5.25 Å². The largest absolute Gasteiger partial charge is 0.324 e. The van der Waals surface area contributed by atoms with E-state index in [9.17, 15) is 0 Å². The van der Waals surface area contributed by atoms with E-state index in [0.29, 0.717) is 5.25 Å². The van der Waals surface area contributed by atoms with Gasteiger partial charge in [0, 0.05) is 17.0 Å². The van der Waals surface area contributed by atoms with Gasteiger partial charge in [-0.05, 0) is 17.5 Å². The molecule has 1 nitrogen and oxygen atoms in total. The second kappa shape index (κ2) is 3.72. The molecule has 1 heterocycles. The lowest BCUT2D eigenvalue weighted by molar-refractivity contribution is 0.651. The summed E-state index contributed by atoms with van der Waals surface area (Å²) in [5, 5.41) is 0.683. The van der Waals surface area contributed by atoms with Crippen LogP contribution in [0.15, 0.2) is 24.3 Å². The number of hydrogen-bond donors (Lipinski definition) is 1. The molecule has 1 aromatic carbocycles. The van der Waals surface area contributed by atoms with Gasteiger partial charge in [-0.3, -0.25) is 0 Å². The Bertz CT molecular complexity index is 298. The van der Waals surface area contributed by atoms with E-state index in [0.717, 1.165) is 12.2 Å². The molecule has 0 fully saturated rings. The Morgan fingerprint density at radius 3 is 3.00 bits per heavy atom. The molecule has 2 atom stereocenters. The number of rotatable bonds is 0. The van der Waals surface area contributed by atoms with Crippen molar-refractivity contribution in [2.75, 3.05) is 0 Å². The smallest absolute Gasteiger partial charge is 0.0308 e. The first kappa shape index (κ1) is 9.10. The first-order chi connectivity index (χ1) is 6.27. The highest BCUT2D eigenvalue weighted by molar-refractivity contribution is 7.99. The molecular weight excluding hydrogens is 178 g/mol. The minimum absolute atomic E-state index is 0.237. The maximum atomic E-state index is 6.12. The molecule has 1 aromatic rings. The van der Waals surface area contributed by atoms with Crippen molar-refractivity contribution in [3.8, 4) is 0 Å². The van der Waals surface area contributed by atoms with E-state index >= 15 is 0 Å².